The van der Waals surface area contributed by atoms with Gasteiger partial charge in [0.2, 0.25) is 5.91 Å². The van der Waals surface area contributed by atoms with Gasteiger partial charge in [-0.05, 0) is 36.1 Å². The van der Waals surface area contributed by atoms with Crippen molar-refractivity contribution in [3.63, 3.8) is 0 Å². The smallest absolute Gasteiger partial charge is 0.252 e. The molecule has 0 aliphatic heterocycles. The van der Waals surface area contributed by atoms with Gasteiger partial charge < -0.3 is 15.4 Å². The molecule has 0 bridgehead atoms. The highest BCUT2D eigenvalue weighted by Crippen LogP contribution is 2.16. The summed E-state index contributed by atoms with van der Waals surface area (Å²) in [6.45, 7) is 4.24. The van der Waals surface area contributed by atoms with Crippen LogP contribution in [0.15, 0.2) is 54.6 Å². The van der Waals surface area contributed by atoms with Gasteiger partial charge in [0.25, 0.3) is 5.91 Å². The van der Waals surface area contributed by atoms with E-state index >= 15 is 0 Å². The van der Waals surface area contributed by atoms with E-state index < -0.39 is 6.04 Å². The molecule has 0 unspecified atom stereocenters. The molecular weight excluding hydrogens is 354 g/mol. The second-order valence-corrected chi connectivity index (χ2v) is 6.83. The third-order valence-electron chi connectivity index (χ3n) is 4.02. The second-order valence-electron chi connectivity index (χ2n) is 6.83. The zero-order valence-corrected chi connectivity index (χ0v) is 16.1. The molecule has 2 aromatic carbocycles. The van der Waals surface area contributed by atoms with Crippen molar-refractivity contribution in [2.45, 2.75) is 32.9 Å². The van der Waals surface area contributed by atoms with Gasteiger partial charge in [0.1, 0.15) is 24.9 Å². The summed E-state index contributed by atoms with van der Waals surface area (Å²) in [5.41, 5.74) is 1.44. The predicted molar refractivity (Wildman–Crippen MR) is 107 cm³/mol. The summed E-state index contributed by atoms with van der Waals surface area (Å²) < 4.78 is 5.76. The van der Waals surface area contributed by atoms with E-state index in [-0.39, 0.29) is 24.3 Å². The van der Waals surface area contributed by atoms with Gasteiger partial charge >= 0.3 is 0 Å². The van der Waals surface area contributed by atoms with E-state index in [9.17, 15) is 9.59 Å². The number of nitrogens with one attached hydrogen (secondary N) is 2. The zero-order valence-electron chi connectivity index (χ0n) is 16.1. The van der Waals surface area contributed by atoms with Gasteiger partial charge in [-0.25, -0.2) is 0 Å². The molecule has 0 aliphatic carbocycles. The minimum absolute atomic E-state index is 0.0912. The first-order valence-electron chi connectivity index (χ1n) is 9.22. The minimum atomic E-state index is -0.699. The van der Waals surface area contributed by atoms with Crippen molar-refractivity contribution >= 4 is 11.8 Å². The fraction of sp³-hybridized carbons (Fsp3) is 0.318. The molecule has 28 heavy (non-hydrogen) atoms. The average molecular weight is 379 g/mol. The van der Waals surface area contributed by atoms with Crippen molar-refractivity contribution in [2.75, 3.05) is 6.54 Å². The molecule has 0 saturated heterocycles. The number of hydrogen-bond acceptors (Lipinski definition) is 4. The zero-order chi connectivity index (χ0) is 20.4. The van der Waals surface area contributed by atoms with Crippen LogP contribution in [0.3, 0.4) is 0 Å². The van der Waals surface area contributed by atoms with Crippen molar-refractivity contribution in [1.29, 1.82) is 5.26 Å². The van der Waals surface area contributed by atoms with Gasteiger partial charge in [-0.15, -0.1) is 0 Å². The Balaban J connectivity index is 2.03. The molecule has 0 aliphatic rings. The van der Waals surface area contributed by atoms with E-state index in [4.69, 9.17) is 10.00 Å². The van der Waals surface area contributed by atoms with Gasteiger partial charge in [0, 0.05) is 5.56 Å². The van der Waals surface area contributed by atoms with Crippen LogP contribution in [0.5, 0.6) is 5.75 Å². The quantitative estimate of drug-likeness (QED) is 0.655. The highest BCUT2D eigenvalue weighted by Gasteiger charge is 2.22. The van der Waals surface area contributed by atoms with Crippen LogP contribution in [0.2, 0.25) is 0 Å². The lowest BCUT2D eigenvalue weighted by Crippen LogP contribution is -2.47. The molecule has 0 saturated carbocycles. The topological polar surface area (TPSA) is 91.2 Å². The van der Waals surface area contributed by atoms with E-state index in [1.165, 1.54) is 0 Å². The summed E-state index contributed by atoms with van der Waals surface area (Å²) in [5, 5.41) is 13.9. The maximum Gasteiger partial charge on any atom is 0.252 e. The lowest BCUT2D eigenvalue weighted by molar-refractivity contribution is -0.123. The Kier molecular flexibility index (Phi) is 8.04. The SMILES string of the molecule is CC(C)C[C@H](NC(=O)c1cccc(OCc2ccccc2)c1)C(=O)NCC#N. The molecule has 0 aromatic heterocycles. The second kappa shape index (κ2) is 10.7. The van der Waals surface area contributed by atoms with Crippen LogP contribution >= 0.6 is 0 Å². The Morgan fingerprint density at radius 2 is 1.86 bits per heavy atom. The Bertz CT molecular complexity index is 828. The number of carbonyl (C=O) groups is 2. The van der Waals surface area contributed by atoms with Crippen molar-refractivity contribution in [3.05, 3.63) is 65.7 Å². The standard InChI is InChI=1S/C22H25N3O3/c1-16(2)13-20(22(27)24-12-11-23)25-21(26)18-9-6-10-19(14-18)28-15-17-7-4-3-5-8-17/h3-10,14,16,20H,12-13,15H2,1-2H3,(H,24,27)(H,25,26)/t20-/m0/s1. The van der Waals surface area contributed by atoms with Crippen LogP contribution in [0.1, 0.15) is 36.2 Å². The van der Waals surface area contributed by atoms with Gasteiger partial charge in [0.05, 0.1) is 6.07 Å². The Morgan fingerprint density at radius 3 is 2.54 bits per heavy atom. The van der Waals surface area contributed by atoms with Gasteiger partial charge in [-0.2, -0.15) is 5.26 Å². The van der Waals surface area contributed by atoms with Crippen LogP contribution in [0.25, 0.3) is 0 Å². The van der Waals surface area contributed by atoms with Gasteiger partial charge in [-0.3, -0.25) is 9.59 Å². The highest BCUT2D eigenvalue weighted by atomic mass is 16.5. The van der Waals surface area contributed by atoms with E-state index in [1.807, 2.05) is 50.2 Å². The van der Waals surface area contributed by atoms with Crippen molar-refractivity contribution in [1.82, 2.24) is 10.6 Å². The van der Waals surface area contributed by atoms with Crippen molar-refractivity contribution < 1.29 is 14.3 Å². The average Bonchev–Trinajstić information content (AvgIpc) is 2.70. The largest absolute Gasteiger partial charge is 0.489 e. The molecule has 2 N–H and O–H groups in total. The molecule has 0 fully saturated rings. The number of nitriles is 1. The van der Waals surface area contributed by atoms with Crippen molar-refractivity contribution in [2.24, 2.45) is 5.92 Å². The summed E-state index contributed by atoms with van der Waals surface area (Å²) >= 11 is 0. The number of amides is 2. The number of ether oxygens (including phenoxy) is 1. The fourth-order valence-electron chi connectivity index (χ4n) is 2.66. The summed E-state index contributed by atoms with van der Waals surface area (Å²) in [5.74, 6) is 0.0625. The summed E-state index contributed by atoms with van der Waals surface area (Å²) in [6.07, 6.45) is 0.479. The highest BCUT2D eigenvalue weighted by molar-refractivity contribution is 5.97. The summed E-state index contributed by atoms with van der Waals surface area (Å²) in [6, 6.07) is 17.8. The lowest BCUT2D eigenvalue weighted by Gasteiger charge is -2.19. The number of hydrogen-bond donors (Lipinski definition) is 2. The maximum atomic E-state index is 12.6. The van der Waals surface area contributed by atoms with Gasteiger partial charge in [0.15, 0.2) is 0 Å². The Hall–Kier alpha value is -3.33. The molecular formula is C22H25N3O3. The molecule has 1 atom stereocenters. The molecule has 2 amide bonds. The molecule has 2 rings (SSSR count). The summed E-state index contributed by atoms with van der Waals surface area (Å²) in [4.78, 5) is 24.9. The van der Waals surface area contributed by atoms with Crippen LogP contribution in [-0.4, -0.2) is 24.4 Å². The first kappa shape index (κ1) is 21.0. The summed E-state index contributed by atoms with van der Waals surface area (Å²) in [7, 11) is 0. The van der Waals surface area contributed by atoms with Crippen LogP contribution < -0.4 is 15.4 Å². The van der Waals surface area contributed by atoms with Crippen molar-refractivity contribution in [3.8, 4) is 11.8 Å². The third-order valence-corrected chi connectivity index (χ3v) is 4.02. The first-order valence-corrected chi connectivity index (χ1v) is 9.22. The van der Waals surface area contributed by atoms with E-state index in [0.29, 0.717) is 24.3 Å². The van der Waals surface area contributed by atoms with Crippen LogP contribution in [0, 0.1) is 17.2 Å². The Morgan fingerprint density at radius 1 is 1.11 bits per heavy atom. The minimum Gasteiger partial charge on any atom is -0.489 e. The molecule has 0 heterocycles. The molecule has 6 nitrogen and oxygen atoms in total. The fourth-order valence-corrected chi connectivity index (χ4v) is 2.66. The molecule has 2 aromatic rings. The van der Waals surface area contributed by atoms with Crippen LogP contribution in [0.4, 0.5) is 0 Å². The molecule has 146 valence electrons. The Labute approximate surface area is 165 Å². The van der Waals surface area contributed by atoms with Gasteiger partial charge in [-0.1, -0.05) is 50.2 Å². The maximum absolute atomic E-state index is 12.6. The number of nitrogens with zero attached hydrogens (tertiary/aromatic N) is 1. The number of carbonyl (C=O) groups excluding carboxylic acids is 2. The first-order chi connectivity index (χ1) is 13.5. The third kappa shape index (κ3) is 6.76. The number of rotatable bonds is 9. The lowest BCUT2D eigenvalue weighted by atomic mass is 10.0. The molecule has 0 radical (unpaired) electrons. The van der Waals surface area contributed by atoms with E-state index in [1.54, 1.807) is 24.3 Å². The predicted octanol–water partition coefficient (Wildman–Crippen LogP) is 3.05. The van der Waals surface area contributed by atoms with E-state index in [2.05, 4.69) is 10.6 Å². The van der Waals surface area contributed by atoms with Crippen LogP contribution in [-0.2, 0) is 11.4 Å². The number of benzene rings is 2. The molecule has 0 spiro atoms. The van der Waals surface area contributed by atoms with E-state index in [0.717, 1.165) is 5.56 Å². The molecule has 6 heteroatoms. The normalized spacial score (nSPS) is 11.4. The monoisotopic (exact) mass is 379 g/mol.